The van der Waals surface area contributed by atoms with E-state index >= 15 is 0 Å². The molecule has 0 radical (unpaired) electrons. The number of carbonyl (C=O) groups is 2. The maximum absolute atomic E-state index is 12.0. The zero-order chi connectivity index (χ0) is 14.7. The van der Waals surface area contributed by atoms with Gasteiger partial charge in [-0.3, -0.25) is 19.7 Å². The number of nitrogens with one attached hydrogen (secondary N) is 1. The zero-order valence-corrected chi connectivity index (χ0v) is 10.6. The summed E-state index contributed by atoms with van der Waals surface area (Å²) < 4.78 is 0. The van der Waals surface area contributed by atoms with Crippen LogP contribution in [0.5, 0.6) is 0 Å². The molecule has 0 spiro atoms. The number of carboxylic acid groups (broad SMARTS) is 1. The molecule has 1 fully saturated rings. The highest BCUT2D eigenvalue weighted by atomic mass is 16.6. The van der Waals surface area contributed by atoms with Gasteiger partial charge in [-0.25, -0.2) is 0 Å². The summed E-state index contributed by atoms with van der Waals surface area (Å²) in [6.07, 6.45) is 1.33. The van der Waals surface area contributed by atoms with Crippen LogP contribution in [0, 0.1) is 22.0 Å². The van der Waals surface area contributed by atoms with E-state index in [-0.39, 0.29) is 17.5 Å². The lowest BCUT2D eigenvalue weighted by molar-refractivity contribution is -0.384. The molecule has 0 bridgehead atoms. The molecule has 106 valence electrons. The fourth-order valence-corrected chi connectivity index (χ4v) is 2.39. The van der Waals surface area contributed by atoms with Crippen LogP contribution in [0.1, 0.15) is 19.3 Å². The maximum atomic E-state index is 12.0. The van der Waals surface area contributed by atoms with Gasteiger partial charge in [0.15, 0.2) is 0 Å². The van der Waals surface area contributed by atoms with Crippen LogP contribution >= 0.6 is 0 Å². The fraction of sp³-hybridized carbons (Fsp3) is 0.385. The molecule has 1 aliphatic carbocycles. The molecule has 0 heterocycles. The summed E-state index contributed by atoms with van der Waals surface area (Å²) >= 11 is 0. The fourth-order valence-electron chi connectivity index (χ4n) is 2.39. The molecule has 1 aromatic carbocycles. The summed E-state index contributed by atoms with van der Waals surface area (Å²) in [5.74, 6) is -1.99. The Kier molecular flexibility index (Phi) is 3.97. The number of amides is 1. The number of anilines is 1. The number of benzene rings is 1. The summed E-state index contributed by atoms with van der Waals surface area (Å²) in [6, 6.07) is 5.67. The van der Waals surface area contributed by atoms with E-state index in [0.29, 0.717) is 24.9 Å². The Bertz CT molecular complexity index is 557. The molecule has 0 aliphatic heterocycles. The van der Waals surface area contributed by atoms with Crippen molar-refractivity contribution < 1.29 is 19.6 Å². The SMILES string of the molecule is O=C(O)[C@H]1CC[C@@H](C(=O)Nc2cccc([N+](=O)[O-])c2)C1. The molecule has 7 nitrogen and oxygen atoms in total. The van der Waals surface area contributed by atoms with Crippen molar-refractivity contribution in [2.45, 2.75) is 19.3 Å². The minimum Gasteiger partial charge on any atom is -0.481 e. The van der Waals surface area contributed by atoms with Crippen molar-refractivity contribution in [3.05, 3.63) is 34.4 Å². The van der Waals surface area contributed by atoms with Crippen molar-refractivity contribution in [3.63, 3.8) is 0 Å². The van der Waals surface area contributed by atoms with Crippen molar-refractivity contribution in [2.75, 3.05) is 5.32 Å². The van der Waals surface area contributed by atoms with Gasteiger partial charge in [0.2, 0.25) is 5.91 Å². The predicted octanol–water partition coefficient (Wildman–Crippen LogP) is 2.03. The van der Waals surface area contributed by atoms with Gasteiger partial charge >= 0.3 is 5.97 Å². The summed E-state index contributed by atoms with van der Waals surface area (Å²) in [7, 11) is 0. The van der Waals surface area contributed by atoms with Crippen LogP contribution in [0.4, 0.5) is 11.4 Å². The summed E-state index contributed by atoms with van der Waals surface area (Å²) in [6.45, 7) is 0. The Labute approximate surface area is 114 Å². The van der Waals surface area contributed by atoms with Gasteiger partial charge in [0.1, 0.15) is 0 Å². The molecule has 7 heteroatoms. The Morgan fingerprint density at radius 3 is 2.60 bits per heavy atom. The Balaban J connectivity index is 2.00. The molecule has 0 saturated heterocycles. The second-order valence-electron chi connectivity index (χ2n) is 4.84. The molecular formula is C13H14N2O5. The van der Waals surface area contributed by atoms with E-state index in [4.69, 9.17) is 5.11 Å². The predicted molar refractivity (Wildman–Crippen MR) is 70.2 cm³/mol. The Hall–Kier alpha value is -2.44. The number of rotatable bonds is 4. The number of non-ortho nitro benzene ring substituents is 1. The lowest BCUT2D eigenvalue weighted by Gasteiger charge is -2.10. The number of aliphatic carboxylic acids is 1. The standard InChI is InChI=1S/C13H14N2O5/c16-12(8-4-5-9(6-8)13(17)18)14-10-2-1-3-11(7-10)15(19)20/h1-3,7-9H,4-6H2,(H,14,16)(H,17,18)/t8-,9+/m1/s1. The van der Waals surface area contributed by atoms with Gasteiger partial charge in [0.05, 0.1) is 10.8 Å². The third-order valence-electron chi connectivity index (χ3n) is 3.48. The largest absolute Gasteiger partial charge is 0.481 e. The van der Waals surface area contributed by atoms with E-state index in [2.05, 4.69) is 5.32 Å². The first-order chi connectivity index (χ1) is 9.47. The van der Waals surface area contributed by atoms with Gasteiger partial charge in [-0.15, -0.1) is 0 Å². The minimum atomic E-state index is -0.879. The van der Waals surface area contributed by atoms with Crippen molar-refractivity contribution in [1.82, 2.24) is 0 Å². The molecule has 2 atom stereocenters. The zero-order valence-electron chi connectivity index (χ0n) is 10.6. The topological polar surface area (TPSA) is 110 Å². The van der Waals surface area contributed by atoms with E-state index in [1.807, 2.05) is 0 Å². The molecule has 1 amide bonds. The molecule has 2 N–H and O–H groups in total. The average Bonchev–Trinajstić information content (AvgIpc) is 2.88. The molecule has 0 unspecified atom stereocenters. The van der Waals surface area contributed by atoms with Crippen molar-refractivity contribution in [2.24, 2.45) is 11.8 Å². The first-order valence-corrected chi connectivity index (χ1v) is 6.25. The van der Waals surface area contributed by atoms with Crippen LogP contribution in [0.3, 0.4) is 0 Å². The average molecular weight is 278 g/mol. The van der Waals surface area contributed by atoms with Gasteiger partial charge in [-0.05, 0) is 25.3 Å². The number of carbonyl (C=O) groups excluding carboxylic acids is 1. The molecule has 1 aliphatic rings. The van der Waals surface area contributed by atoms with Crippen molar-refractivity contribution in [1.29, 1.82) is 0 Å². The molecule has 1 saturated carbocycles. The quantitative estimate of drug-likeness (QED) is 0.646. The monoisotopic (exact) mass is 278 g/mol. The number of hydrogen-bond acceptors (Lipinski definition) is 4. The second-order valence-corrected chi connectivity index (χ2v) is 4.84. The van der Waals surface area contributed by atoms with Gasteiger partial charge in [0, 0.05) is 23.7 Å². The van der Waals surface area contributed by atoms with Crippen molar-refractivity contribution >= 4 is 23.3 Å². The number of nitro benzene ring substituents is 1. The summed E-state index contributed by atoms with van der Waals surface area (Å²) in [5, 5.41) is 22.1. The molecule has 0 aromatic heterocycles. The molecule has 1 aromatic rings. The minimum absolute atomic E-state index is 0.0994. The van der Waals surface area contributed by atoms with E-state index in [1.54, 1.807) is 6.07 Å². The molecule has 20 heavy (non-hydrogen) atoms. The van der Waals surface area contributed by atoms with Crippen LogP contribution in [-0.4, -0.2) is 21.9 Å². The Morgan fingerprint density at radius 1 is 1.30 bits per heavy atom. The van der Waals surface area contributed by atoms with Gasteiger partial charge in [-0.1, -0.05) is 6.07 Å². The van der Waals surface area contributed by atoms with Gasteiger partial charge in [-0.2, -0.15) is 0 Å². The van der Waals surface area contributed by atoms with Crippen LogP contribution in [0.25, 0.3) is 0 Å². The number of hydrogen-bond donors (Lipinski definition) is 2. The lowest BCUT2D eigenvalue weighted by Crippen LogP contribution is -2.21. The van der Waals surface area contributed by atoms with Gasteiger partial charge < -0.3 is 10.4 Å². The van der Waals surface area contributed by atoms with Gasteiger partial charge in [0.25, 0.3) is 5.69 Å². The lowest BCUT2D eigenvalue weighted by atomic mass is 10.0. The van der Waals surface area contributed by atoms with E-state index < -0.39 is 16.8 Å². The third-order valence-corrected chi connectivity index (χ3v) is 3.48. The first kappa shape index (κ1) is 14.0. The van der Waals surface area contributed by atoms with Crippen LogP contribution in [0.2, 0.25) is 0 Å². The highest BCUT2D eigenvalue weighted by molar-refractivity contribution is 5.93. The number of nitro groups is 1. The highest BCUT2D eigenvalue weighted by Crippen LogP contribution is 2.32. The first-order valence-electron chi connectivity index (χ1n) is 6.25. The molecule has 2 rings (SSSR count). The third kappa shape index (κ3) is 3.11. The Morgan fingerprint density at radius 2 is 2.00 bits per heavy atom. The molecular weight excluding hydrogens is 264 g/mol. The maximum Gasteiger partial charge on any atom is 0.306 e. The van der Waals surface area contributed by atoms with Crippen LogP contribution in [0.15, 0.2) is 24.3 Å². The second kappa shape index (κ2) is 5.68. The van der Waals surface area contributed by atoms with E-state index in [9.17, 15) is 19.7 Å². The van der Waals surface area contributed by atoms with Crippen LogP contribution < -0.4 is 5.32 Å². The summed E-state index contributed by atoms with van der Waals surface area (Å²) in [4.78, 5) is 32.9. The number of nitrogens with zero attached hydrogens (tertiary/aromatic N) is 1. The van der Waals surface area contributed by atoms with Crippen LogP contribution in [-0.2, 0) is 9.59 Å². The number of carboxylic acids is 1. The van der Waals surface area contributed by atoms with E-state index in [1.165, 1.54) is 18.2 Å². The van der Waals surface area contributed by atoms with Crippen molar-refractivity contribution in [3.8, 4) is 0 Å². The smallest absolute Gasteiger partial charge is 0.306 e. The van der Waals surface area contributed by atoms with E-state index in [0.717, 1.165) is 0 Å². The normalized spacial score (nSPS) is 21.4. The summed E-state index contributed by atoms with van der Waals surface area (Å²) in [5.41, 5.74) is 0.251. The highest BCUT2D eigenvalue weighted by Gasteiger charge is 2.33.